The van der Waals surface area contributed by atoms with Crippen LogP contribution in [0.5, 0.6) is 0 Å². The van der Waals surface area contributed by atoms with E-state index in [0.717, 1.165) is 24.9 Å². The largest absolute Gasteiger partial charge is 0.324 e. The van der Waals surface area contributed by atoms with E-state index < -0.39 is 0 Å². The van der Waals surface area contributed by atoms with Crippen molar-refractivity contribution in [3.05, 3.63) is 58.1 Å². The molecule has 0 saturated carbocycles. The van der Waals surface area contributed by atoms with Gasteiger partial charge in [-0.05, 0) is 91.2 Å². The number of nitrogens with one attached hydrogen (secondary N) is 1. The van der Waals surface area contributed by atoms with E-state index in [1.54, 1.807) is 10.9 Å². The molecule has 1 atom stereocenters. The molecule has 3 heterocycles. The van der Waals surface area contributed by atoms with Gasteiger partial charge in [0.2, 0.25) is 5.95 Å². The van der Waals surface area contributed by atoms with Gasteiger partial charge in [0.25, 0.3) is 5.56 Å². The Morgan fingerprint density at radius 3 is 2.58 bits per heavy atom. The van der Waals surface area contributed by atoms with Crippen molar-refractivity contribution in [2.45, 2.75) is 71.5 Å². The second-order valence-electron chi connectivity index (χ2n) is 11.2. The Labute approximate surface area is 211 Å². The Bertz CT molecular complexity index is 1470. The fourth-order valence-electron chi connectivity index (χ4n) is 4.93. The molecule has 1 aromatic carbocycles. The zero-order valence-corrected chi connectivity index (χ0v) is 22.3. The molecule has 1 N–H and O–H groups in total. The lowest BCUT2D eigenvalue weighted by molar-refractivity contribution is 0.268. The van der Waals surface area contributed by atoms with Crippen LogP contribution in [0.2, 0.25) is 0 Å². The number of fused-ring (bicyclic) bond motifs is 2. The van der Waals surface area contributed by atoms with E-state index in [0.29, 0.717) is 28.8 Å². The van der Waals surface area contributed by atoms with Crippen LogP contribution in [0.25, 0.3) is 16.9 Å². The molecule has 0 radical (unpaired) electrons. The second-order valence-corrected chi connectivity index (χ2v) is 11.2. The summed E-state index contributed by atoms with van der Waals surface area (Å²) in [4.78, 5) is 24.9. The van der Waals surface area contributed by atoms with Crippen LogP contribution in [0.1, 0.15) is 58.2 Å². The van der Waals surface area contributed by atoms with E-state index in [2.05, 4.69) is 68.3 Å². The van der Waals surface area contributed by atoms with Crippen LogP contribution in [-0.4, -0.2) is 54.1 Å². The van der Waals surface area contributed by atoms with Gasteiger partial charge in [-0.1, -0.05) is 6.07 Å². The van der Waals surface area contributed by atoms with Crippen molar-refractivity contribution < 1.29 is 0 Å². The average Bonchev–Trinajstić information content (AvgIpc) is 3.41. The Balaban J connectivity index is 1.53. The van der Waals surface area contributed by atoms with Crippen molar-refractivity contribution in [1.29, 1.82) is 0 Å². The Morgan fingerprint density at radius 2 is 1.92 bits per heavy atom. The lowest BCUT2D eigenvalue weighted by atomic mass is 9.87. The molecule has 3 aromatic heterocycles. The first kappa shape index (κ1) is 24.2. The fraction of sp³-hybridized carbons (Fsp3) is 0.481. The molecule has 0 fully saturated rings. The summed E-state index contributed by atoms with van der Waals surface area (Å²) in [6.45, 7) is 10.2. The van der Waals surface area contributed by atoms with Gasteiger partial charge in [0.05, 0.1) is 5.54 Å². The SMILES string of the molecule is CC(C)n1c(=O)c2cnc(Nc3ccc4c(c3)CCC(N(C)C)C4)nc2n1-c1ccn(C(C)(C)C)n1. The smallest absolute Gasteiger partial charge is 0.278 e. The normalized spacial score (nSPS) is 16.2. The van der Waals surface area contributed by atoms with E-state index in [1.165, 1.54) is 11.1 Å². The topological polar surface area (TPSA) is 85.8 Å². The molecule has 1 unspecified atom stereocenters. The maximum Gasteiger partial charge on any atom is 0.278 e. The second kappa shape index (κ2) is 8.89. The van der Waals surface area contributed by atoms with Gasteiger partial charge in [-0.3, -0.25) is 9.48 Å². The molecule has 0 saturated heterocycles. The van der Waals surface area contributed by atoms with E-state index in [1.807, 2.05) is 35.5 Å². The summed E-state index contributed by atoms with van der Waals surface area (Å²) in [5, 5.41) is 8.61. The molecule has 0 bridgehead atoms. The number of aromatic nitrogens is 6. The van der Waals surface area contributed by atoms with Gasteiger partial charge in [-0.25, -0.2) is 14.3 Å². The summed E-state index contributed by atoms with van der Waals surface area (Å²) in [6, 6.07) is 8.92. The number of likely N-dealkylation sites (N-methyl/N-ethyl adjacent to an activating group) is 1. The number of hydrogen-bond acceptors (Lipinski definition) is 6. The zero-order valence-electron chi connectivity index (χ0n) is 22.3. The lowest BCUT2D eigenvalue weighted by Crippen LogP contribution is -2.33. The van der Waals surface area contributed by atoms with E-state index in [9.17, 15) is 4.79 Å². The van der Waals surface area contributed by atoms with Gasteiger partial charge >= 0.3 is 0 Å². The molecule has 1 aliphatic rings. The third kappa shape index (κ3) is 4.32. The van der Waals surface area contributed by atoms with Crippen LogP contribution in [0.15, 0.2) is 41.5 Å². The standard InChI is InChI=1S/C27H36N8O/c1-17(2)34-25(36)22-16-28-26(30-24(22)35(34)23-12-13-33(31-23)27(3,4)5)29-20-10-8-19-15-21(32(6)7)11-9-18(19)14-20/h8,10,12-14,16-17,21H,9,11,15H2,1-7H3,(H,28,29,30). The van der Waals surface area contributed by atoms with Gasteiger partial charge < -0.3 is 10.2 Å². The Hall–Kier alpha value is -3.46. The molecule has 1 aliphatic carbocycles. The monoisotopic (exact) mass is 488 g/mol. The summed E-state index contributed by atoms with van der Waals surface area (Å²) < 4.78 is 5.40. The summed E-state index contributed by atoms with van der Waals surface area (Å²) in [7, 11) is 4.30. The Kier molecular flexibility index (Phi) is 5.98. The highest BCUT2D eigenvalue weighted by Crippen LogP contribution is 2.28. The van der Waals surface area contributed by atoms with E-state index in [4.69, 9.17) is 10.1 Å². The molecule has 9 nitrogen and oxygen atoms in total. The van der Waals surface area contributed by atoms with Crippen molar-refractivity contribution in [3.8, 4) is 5.82 Å². The van der Waals surface area contributed by atoms with Crippen molar-refractivity contribution in [2.75, 3.05) is 19.4 Å². The maximum atomic E-state index is 13.3. The number of hydrogen-bond donors (Lipinski definition) is 1. The van der Waals surface area contributed by atoms with Crippen molar-refractivity contribution >= 4 is 22.7 Å². The van der Waals surface area contributed by atoms with Gasteiger partial charge in [0, 0.05) is 36.2 Å². The minimum absolute atomic E-state index is 0.0745. The number of benzene rings is 1. The van der Waals surface area contributed by atoms with Crippen LogP contribution in [-0.2, 0) is 18.4 Å². The third-order valence-corrected chi connectivity index (χ3v) is 6.99. The summed E-state index contributed by atoms with van der Waals surface area (Å²) >= 11 is 0. The zero-order chi connectivity index (χ0) is 25.8. The number of rotatable bonds is 5. The molecular weight excluding hydrogens is 452 g/mol. The van der Waals surface area contributed by atoms with Crippen LogP contribution in [0.3, 0.4) is 0 Å². The molecule has 190 valence electrons. The molecule has 0 aliphatic heterocycles. The molecule has 4 aromatic rings. The quantitative estimate of drug-likeness (QED) is 0.451. The Morgan fingerprint density at radius 1 is 1.14 bits per heavy atom. The number of aryl methyl sites for hydroxylation is 1. The number of nitrogens with zero attached hydrogens (tertiary/aromatic N) is 7. The molecular formula is C27H36N8O. The van der Waals surface area contributed by atoms with Crippen LogP contribution >= 0.6 is 0 Å². The fourth-order valence-corrected chi connectivity index (χ4v) is 4.93. The average molecular weight is 489 g/mol. The van der Waals surface area contributed by atoms with Gasteiger partial charge in [-0.15, -0.1) is 0 Å². The molecule has 0 amide bonds. The number of anilines is 2. The predicted molar refractivity (Wildman–Crippen MR) is 144 cm³/mol. The van der Waals surface area contributed by atoms with E-state index in [-0.39, 0.29) is 17.1 Å². The van der Waals surface area contributed by atoms with Gasteiger partial charge in [-0.2, -0.15) is 10.1 Å². The lowest BCUT2D eigenvalue weighted by Gasteiger charge is -2.30. The van der Waals surface area contributed by atoms with Crippen molar-refractivity contribution in [3.63, 3.8) is 0 Å². The minimum Gasteiger partial charge on any atom is -0.324 e. The molecule has 0 spiro atoms. The highest BCUT2D eigenvalue weighted by Gasteiger charge is 2.23. The van der Waals surface area contributed by atoms with Crippen LogP contribution in [0, 0.1) is 0 Å². The van der Waals surface area contributed by atoms with Crippen molar-refractivity contribution in [1.82, 2.24) is 34.0 Å². The van der Waals surface area contributed by atoms with Crippen LogP contribution in [0.4, 0.5) is 11.6 Å². The highest BCUT2D eigenvalue weighted by molar-refractivity contribution is 5.77. The van der Waals surface area contributed by atoms with Gasteiger partial charge in [0.1, 0.15) is 5.39 Å². The summed E-state index contributed by atoms with van der Waals surface area (Å²) in [5.74, 6) is 1.11. The molecule has 5 rings (SSSR count). The first-order chi connectivity index (χ1) is 17.0. The first-order valence-electron chi connectivity index (χ1n) is 12.6. The van der Waals surface area contributed by atoms with Gasteiger partial charge in [0.15, 0.2) is 11.5 Å². The minimum atomic E-state index is -0.176. The van der Waals surface area contributed by atoms with Crippen molar-refractivity contribution in [2.24, 2.45) is 0 Å². The molecule has 36 heavy (non-hydrogen) atoms. The van der Waals surface area contributed by atoms with Crippen LogP contribution < -0.4 is 10.9 Å². The first-order valence-corrected chi connectivity index (χ1v) is 12.6. The predicted octanol–water partition coefficient (Wildman–Crippen LogP) is 4.28. The summed E-state index contributed by atoms with van der Waals surface area (Å²) in [5.41, 5.74) is 3.96. The summed E-state index contributed by atoms with van der Waals surface area (Å²) in [6.07, 6.45) is 6.83. The maximum absolute atomic E-state index is 13.3. The molecule has 9 heteroatoms. The van der Waals surface area contributed by atoms with E-state index >= 15 is 0 Å². The third-order valence-electron chi connectivity index (χ3n) is 6.99. The highest BCUT2D eigenvalue weighted by atomic mass is 16.1.